The van der Waals surface area contributed by atoms with Crippen LogP contribution in [0.4, 0.5) is 5.82 Å². The van der Waals surface area contributed by atoms with E-state index in [1.807, 2.05) is 6.07 Å². The van der Waals surface area contributed by atoms with E-state index in [0.717, 1.165) is 31.5 Å². The van der Waals surface area contributed by atoms with Crippen molar-refractivity contribution in [2.45, 2.75) is 25.4 Å². The lowest BCUT2D eigenvalue weighted by atomic mass is 10.0. The Balaban J connectivity index is 1.91. The van der Waals surface area contributed by atoms with E-state index in [1.165, 1.54) is 18.4 Å². The minimum Gasteiger partial charge on any atom is -0.308 e. The van der Waals surface area contributed by atoms with Crippen LogP contribution in [-0.4, -0.2) is 48.0 Å². The highest BCUT2D eigenvalue weighted by Gasteiger charge is 2.21. The summed E-state index contributed by atoms with van der Waals surface area (Å²) in [6.45, 7) is 3.21. The molecule has 0 spiro atoms. The minimum atomic E-state index is 0.724. The number of nitrogens with one attached hydrogen (secondary N) is 1. The van der Waals surface area contributed by atoms with Gasteiger partial charge in [0.2, 0.25) is 0 Å². The van der Waals surface area contributed by atoms with Crippen LogP contribution in [0.25, 0.3) is 0 Å². The van der Waals surface area contributed by atoms with Crippen LogP contribution in [0, 0.1) is 0 Å². The predicted octanol–water partition coefficient (Wildman–Crippen LogP) is 0.893. The second-order valence-electron chi connectivity index (χ2n) is 5.13. The fourth-order valence-electron chi connectivity index (χ4n) is 2.53. The SMILES string of the molecule is CN(C)C1CCN(Cc2cccnc2NN)CC1. The van der Waals surface area contributed by atoms with Crippen LogP contribution in [0.15, 0.2) is 18.3 Å². The first-order valence-electron chi connectivity index (χ1n) is 6.50. The van der Waals surface area contributed by atoms with Gasteiger partial charge in [-0.05, 0) is 46.1 Å². The molecule has 1 aliphatic heterocycles. The van der Waals surface area contributed by atoms with Crippen LogP contribution >= 0.6 is 0 Å². The van der Waals surface area contributed by atoms with Crippen molar-refractivity contribution in [3.8, 4) is 0 Å². The monoisotopic (exact) mass is 249 g/mol. The fourth-order valence-corrected chi connectivity index (χ4v) is 2.53. The van der Waals surface area contributed by atoms with Gasteiger partial charge < -0.3 is 10.3 Å². The van der Waals surface area contributed by atoms with Gasteiger partial charge in [0.1, 0.15) is 5.82 Å². The first kappa shape index (κ1) is 13.3. The maximum atomic E-state index is 5.48. The van der Waals surface area contributed by atoms with Gasteiger partial charge in [-0.15, -0.1) is 0 Å². The average Bonchev–Trinajstić information content (AvgIpc) is 2.40. The summed E-state index contributed by atoms with van der Waals surface area (Å²) in [5.74, 6) is 6.26. The number of nitrogens with zero attached hydrogens (tertiary/aromatic N) is 3. The summed E-state index contributed by atoms with van der Waals surface area (Å²) in [7, 11) is 4.33. The number of anilines is 1. The number of piperidine rings is 1. The minimum absolute atomic E-state index is 0.724. The molecule has 0 amide bonds. The Morgan fingerprint density at radius 2 is 2.17 bits per heavy atom. The number of likely N-dealkylation sites (tertiary alicyclic amines) is 1. The Morgan fingerprint density at radius 3 is 2.78 bits per heavy atom. The van der Waals surface area contributed by atoms with Gasteiger partial charge in [0.05, 0.1) is 0 Å². The number of hydrogen-bond donors (Lipinski definition) is 2. The quantitative estimate of drug-likeness (QED) is 0.613. The lowest BCUT2D eigenvalue weighted by Crippen LogP contribution is -2.41. The van der Waals surface area contributed by atoms with E-state index in [2.05, 4.69) is 40.4 Å². The zero-order chi connectivity index (χ0) is 13.0. The van der Waals surface area contributed by atoms with Crippen LogP contribution in [0.1, 0.15) is 18.4 Å². The Morgan fingerprint density at radius 1 is 1.44 bits per heavy atom. The van der Waals surface area contributed by atoms with Gasteiger partial charge in [-0.2, -0.15) is 0 Å². The summed E-state index contributed by atoms with van der Waals surface area (Å²) in [5, 5.41) is 0. The van der Waals surface area contributed by atoms with Gasteiger partial charge in [-0.25, -0.2) is 10.8 Å². The number of hydrogen-bond acceptors (Lipinski definition) is 5. The van der Waals surface area contributed by atoms with Gasteiger partial charge >= 0.3 is 0 Å². The molecular weight excluding hydrogens is 226 g/mol. The molecule has 0 unspecified atom stereocenters. The van der Waals surface area contributed by atoms with E-state index in [-0.39, 0.29) is 0 Å². The highest BCUT2D eigenvalue weighted by atomic mass is 15.3. The largest absolute Gasteiger partial charge is 0.308 e. The number of pyridine rings is 1. The van der Waals surface area contributed by atoms with Crippen molar-refractivity contribution in [1.29, 1.82) is 0 Å². The van der Waals surface area contributed by atoms with Crippen LogP contribution < -0.4 is 11.3 Å². The molecule has 1 aromatic rings. The van der Waals surface area contributed by atoms with E-state index in [0.29, 0.717) is 0 Å². The maximum absolute atomic E-state index is 5.48. The van der Waals surface area contributed by atoms with E-state index in [1.54, 1.807) is 6.20 Å². The average molecular weight is 249 g/mol. The summed E-state index contributed by atoms with van der Waals surface area (Å²) in [5.41, 5.74) is 3.84. The van der Waals surface area contributed by atoms with E-state index in [4.69, 9.17) is 5.84 Å². The predicted molar refractivity (Wildman–Crippen MR) is 74.0 cm³/mol. The molecule has 2 heterocycles. The van der Waals surface area contributed by atoms with Gasteiger partial charge in [-0.1, -0.05) is 6.07 Å². The Kier molecular flexibility index (Phi) is 4.52. The summed E-state index contributed by atoms with van der Waals surface area (Å²) >= 11 is 0. The molecule has 5 heteroatoms. The zero-order valence-corrected chi connectivity index (χ0v) is 11.3. The third-order valence-electron chi connectivity index (χ3n) is 3.71. The molecule has 0 bridgehead atoms. The van der Waals surface area contributed by atoms with Crippen LogP contribution in [0.3, 0.4) is 0 Å². The van der Waals surface area contributed by atoms with Crippen molar-refractivity contribution in [3.05, 3.63) is 23.9 Å². The topological polar surface area (TPSA) is 57.4 Å². The highest BCUT2D eigenvalue weighted by Crippen LogP contribution is 2.19. The fraction of sp³-hybridized carbons (Fsp3) is 0.615. The first-order chi connectivity index (χ1) is 8.70. The smallest absolute Gasteiger partial charge is 0.144 e. The molecule has 1 fully saturated rings. The standard InChI is InChI=1S/C13H23N5/c1-17(2)12-5-8-18(9-6-12)10-11-4-3-7-15-13(11)16-14/h3-4,7,12H,5-6,8-10,14H2,1-2H3,(H,15,16). The number of nitrogens with two attached hydrogens (primary N) is 1. The maximum Gasteiger partial charge on any atom is 0.144 e. The Bertz CT molecular complexity index is 371. The molecule has 2 rings (SSSR count). The summed E-state index contributed by atoms with van der Waals surface area (Å²) in [4.78, 5) is 9.03. The van der Waals surface area contributed by atoms with Crippen LogP contribution in [-0.2, 0) is 6.54 Å². The van der Waals surface area contributed by atoms with Crippen molar-refractivity contribution < 1.29 is 0 Å². The molecule has 1 saturated heterocycles. The second-order valence-corrected chi connectivity index (χ2v) is 5.13. The Hall–Kier alpha value is -1.17. The van der Waals surface area contributed by atoms with Crippen molar-refractivity contribution in [3.63, 3.8) is 0 Å². The van der Waals surface area contributed by atoms with Gasteiger partial charge in [0.15, 0.2) is 0 Å². The Labute approximate surface area is 109 Å². The molecule has 18 heavy (non-hydrogen) atoms. The molecule has 100 valence electrons. The van der Waals surface area contributed by atoms with E-state index in [9.17, 15) is 0 Å². The lowest BCUT2D eigenvalue weighted by molar-refractivity contribution is 0.140. The molecule has 0 saturated carbocycles. The molecule has 0 atom stereocenters. The summed E-state index contributed by atoms with van der Waals surface area (Å²) in [6, 6.07) is 4.77. The molecule has 3 N–H and O–H groups in total. The molecule has 0 radical (unpaired) electrons. The molecule has 0 aromatic carbocycles. The summed E-state index contributed by atoms with van der Waals surface area (Å²) in [6.07, 6.45) is 4.23. The third-order valence-corrected chi connectivity index (χ3v) is 3.71. The second kappa shape index (κ2) is 6.13. The van der Waals surface area contributed by atoms with E-state index >= 15 is 0 Å². The number of rotatable bonds is 4. The number of hydrazine groups is 1. The molecule has 1 aliphatic rings. The van der Waals surface area contributed by atoms with Crippen LogP contribution in [0.5, 0.6) is 0 Å². The number of aromatic nitrogens is 1. The van der Waals surface area contributed by atoms with Gasteiger partial charge in [-0.3, -0.25) is 4.90 Å². The van der Waals surface area contributed by atoms with Gasteiger partial charge in [0.25, 0.3) is 0 Å². The molecule has 0 aliphatic carbocycles. The first-order valence-corrected chi connectivity index (χ1v) is 6.50. The van der Waals surface area contributed by atoms with E-state index < -0.39 is 0 Å². The highest BCUT2D eigenvalue weighted by molar-refractivity contribution is 5.42. The van der Waals surface area contributed by atoms with Gasteiger partial charge in [0, 0.05) is 24.3 Å². The van der Waals surface area contributed by atoms with Crippen molar-refractivity contribution >= 4 is 5.82 Å². The number of nitrogen functional groups attached to an aromatic ring is 1. The lowest BCUT2D eigenvalue weighted by Gasteiger charge is -2.35. The van der Waals surface area contributed by atoms with Crippen molar-refractivity contribution in [2.24, 2.45) is 5.84 Å². The zero-order valence-electron chi connectivity index (χ0n) is 11.3. The molecular formula is C13H23N5. The summed E-state index contributed by atoms with van der Waals surface area (Å²) < 4.78 is 0. The molecule has 5 nitrogen and oxygen atoms in total. The van der Waals surface area contributed by atoms with Crippen LogP contribution in [0.2, 0.25) is 0 Å². The molecule has 1 aromatic heterocycles. The normalized spacial score (nSPS) is 18.2. The van der Waals surface area contributed by atoms with Crippen molar-refractivity contribution in [2.75, 3.05) is 32.6 Å². The third kappa shape index (κ3) is 3.19. The van der Waals surface area contributed by atoms with Crippen molar-refractivity contribution in [1.82, 2.24) is 14.8 Å².